The number of amides is 1. The molecule has 1 fully saturated rings. The van der Waals surface area contributed by atoms with Crippen molar-refractivity contribution >= 4 is 11.9 Å². The van der Waals surface area contributed by atoms with E-state index in [0.717, 1.165) is 6.54 Å². The number of carbonyl (C=O) groups is 2. The van der Waals surface area contributed by atoms with E-state index in [1.807, 2.05) is 6.92 Å². The van der Waals surface area contributed by atoms with Crippen molar-refractivity contribution in [3.8, 4) is 0 Å². The van der Waals surface area contributed by atoms with Crippen LogP contribution in [-0.4, -0.2) is 36.7 Å². The van der Waals surface area contributed by atoms with Gasteiger partial charge in [-0.25, -0.2) is 10.3 Å². The van der Waals surface area contributed by atoms with Crippen molar-refractivity contribution in [1.29, 1.82) is 0 Å². The third-order valence-electron chi connectivity index (χ3n) is 2.22. The number of hydrogen-bond donors (Lipinski definition) is 3. The predicted octanol–water partition coefficient (Wildman–Crippen LogP) is -1.03. The Bertz CT molecular complexity index is 231. The molecule has 0 radical (unpaired) electrons. The highest BCUT2D eigenvalue weighted by Crippen LogP contribution is 2.15. The van der Waals surface area contributed by atoms with Gasteiger partial charge in [-0.2, -0.15) is 0 Å². The first-order chi connectivity index (χ1) is 6.61. The lowest BCUT2D eigenvalue weighted by atomic mass is 9.98. The van der Waals surface area contributed by atoms with Gasteiger partial charge < -0.3 is 10.4 Å². The first-order valence-electron chi connectivity index (χ1n) is 4.45. The third kappa shape index (κ3) is 2.97. The summed E-state index contributed by atoms with van der Waals surface area (Å²) in [5.74, 6) is -1.25. The molecule has 80 valence electrons. The van der Waals surface area contributed by atoms with Crippen molar-refractivity contribution in [2.75, 3.05) is 19.7 Å². The molecule has 1 saturated heterocycles. The fourth-order valence-electron chi connectivity index (χ4n) is 1.41. The molecular weight excluding hydrogens is 188 g/mol. The lowest BCUT2D eigenvalue weighted by Crippen LogP contribution is -2.35. The molecule has 0 saturated carbocycles. The van der Waals surface area contributed by atoms with Crippen LogP contribution in [0, 0.1) is 11.8 Å². The zero-order valence-electron chi connectivity index (χ0n) is 7.95. The molecule has 6 heteroatoms. The number of carboxylic acids is 1. The third-order valence-corrected chi connectivity index (χ3v) is 2.22. The van der Waals surface area contributed by atoms with Gasteiger partial charge in [-0.3, -0.25) is 9.63 Å². The first-order valence-corrected chi connectivity index (χ1v) is 4.45. The fourth-order valence-corrected chi connectivity index (χ4v) is 1.41. The molecule has 0 aromatic heterocycles. The summed E-state index contributed by atoms with van der Waals surface area (Å²) < 4.78 is 0. The number of nitrogens with one attached hydrogen (secondary N) is 2. The second-order valence-corrected chi connectivity index (χ2v) is 3.39. The molecule has 1 rings (SSSR count). The Kier molecular flexibility index (Phi) is 3.84. The Morgan fingerprint density at radius 3 is 2.79 bits per heavy atom. The monoisotopic (exact) mass is 202 g/mol. The second kappa shape index (κ2) is 4.92. The fraction of sp³-hybridized carbons (Fsp3) is 0.750. The Balaban J connectivity index is 2.24. The van der Waals surface area contributed by atoms with Crippen LogP contribution in [0.15, 0.2) is 0 Å². The minimum Gasteiger partial charge on any atom is -0.479 e. The summed E-state index contributed by atoms with van der Waals surface area (Å²) in [6.07, 6.45) is 0. The number of carboxylic acid groups (broad SMARTS) is 1. The van der Waals surface area contributed by atoms with Gasteiger partial charge in [0.1, 0.15) is 0 Å². The lowest BCUT2D eigenvalue weighted by molar-refractivity contribution is -0.150. The zero-order chi connectivity index (χ0) is 10.6. The predicted molar refractivity (Wildman–Crippen MR) is 47.3 cm³/mol. The van der Waals surface area contributed by atoms with Crippen LogP contribution in [0.4, 0.5) is 0 Å². The summed E-state index contributed by atoms with van der Waals surface area (Å²) in [6.45, 7) is 2.86. The topological polar surface area (TPSA) is 87.7 Å². The molecule has 0 bridgehead atoms. The van der Waals surface area contributed by atoms with Gasteiger partial charge in [-0.1, -0.05) is 6.92 Å². The molecule has 1 aliphatic rings. The van der Waals surface area contributed by atoms with Crippen LogP contribution in [0.3, 0.4) is 0 Å². The molecule has 3 N–H and O–H groups in total. The number of hydroxylamine groups is 1. The van der Waals surface area contributed by atoms with Gasteiger partial charge in [0.05, 0.1) is 5.92 Å². The molecule has 1 amide bonds. The van der Waals surface area contributed by atoms with Crippen molar-refractivity contribution in [2.24, 2.45) is 11.8 Å². The average Bonchev–Trinajstić information content (AvgIpc) is 2.50. The van der Waals surface area contributed by atoms with Crippen LogP contribution >= 0.6 is 0 Å². The highest BCUT2D eigenvalue weighted by molar-refractivity contribution is 5.78. The van der Waals surface area contributed by atoms with E-state index in [2.05, 4.69) is 15.6 Å². The van der Waals surface area contributed by atoms with E-state index in [-0.39, 0.29) is 17.7 Å². The summed E-state index contributed by atoms with van der Waals surface area (Å²) in [5.41, 5.74) is 2.13. The molecule has 1 heterocycles. The van der Waals surface area contributed by atoms with Crippen LogP contribution in [0.1, 0.15) is 6.92 Å². The molecule has 2 atom stereocenters. The molecule has 0 aliphatic carbocycles. The summed E-state index contributed by atoms with van der Waals surface area (Å²) in [4.78, 5) is 25.9. The van der Waals surface area contributed by atoms with E-state index in [9.17, 15) is 9.59 Å². The summed E-state index contributed by atoms with van der Waals surface area (Å²) >= 11 is 0. The van der Waals surface area contributed by atoms with E-state index in [1.165, 1.54) is 0 Å². The second-order valence-electron chi connectivity index (χ2n) is 3.39. The number of rotatable bonds is 4. The average molecular weight is 202 g/mol. The summed E-state index contributed by atoms with van der Waals surface area (Å²) in [7, 11) is 0. The van der Waals surface area contributed by atoms with Crippen molar-refractivity contribution in [2.45, 2.75) is 6.92 Å². The Morgan fingerprint density at radius 2 is 2.29 bits per heavy atom. The Hall–Kier alpha value is -1.14. The molecule has 6 nitrogen and oxygen atoms in total. The van der Waals surface area contributed by atoms with Gasteiger partial charge in [-0.15, -0.1) is 0 Å². The quantitative estimate of drug-likeness (QED) is 0.507. The van der Waals surface area contributed by atoms with Crippen LogP contribution in [0.25, 0.3) is 0 Å². The smallest absolute Gasteiger partial charge is 0.332 e. The standard InChI is InChI=1S/C8H14N2O4/c1-5-2-9-3-6(5)8(13)10-14-4-7(11)12/h5-6,9H,2-4H2,1H3,(H,10,13)(H,11,12)/t5-,6-/m1/s1. The van der Waals surface area contributed by atoms with Crippen LogP contribution < -0.4 is 10.8 Å². The normalized spacial score (nSPS) is 26.1. The highest BCUT2D eigenvalue weighted by Gasteiger charge is 2.29. The van der Waals surface area contributed by atoms with Gasteiger partial charge in [-0.05, 0) is 12.5 Å². The van der Waals surface area contributed by atoms with Gasteiger partial charge in [0.2, 0.25) is 5.91 Å². The molecule has 14 heavy (non-hydrogen) atoms. The molecule has 1 aliphatic heterocycles. The zero-order valence-corrected chi connectivity index (χ0v) is 7.95. The Morgan fingerprint density at radius 1 is 1.57 bits per heavy atom. The van der Waals surface area contributed by atoms with E-state index in [1.54, 1.807) is 0 Å². The minimum absolute atomic E-state index is 0.135. The van der Waals surface area contributed by atoms with Crippen molar-refractivity contribution in [3.05, 3.63) is 0 Å². The number of carbonyl (C=O) groups excluding carboxylic acids is 1. The van der Waals surface area contributed by atoms with Crippen molar-refractivity contribution in [3.63, 3.8) is 0 Å². The molecule has 0 aromatic rings. The van der Waals surface area contributed by atoms with Crippen LogP contribution in [0.5, 0.6) is 0 Å². The maximum Gasteiger partial charge on any atom is 0.332 e. The van der Waals surface area contributed by atoms with Gasteiger partial charge in [0.15, 0.2) is 6.61 Å². The van der Waals surface area contributed by atoms with Crippen LogP contribution in [-0.2, 0) is 14.4 Å². The summed E-state index contributed by atoms with van der Waals surface area (Å²) in [6, 6.07) is 0. The largest absolute Gasteiger partial charge is 0.479 e. The first kappa shape index (κ1) is 10.9. The lowest BCUT2D eigenvalue weighted by Gasteiger charge is -2.12. The van der Waals surface area contributed by atoms with Crippen molar-refractivity contribution < 1.29 is 19.5 Å². The summed E-state index contributed by atoms with van der Waals surface area (Å²) in [5, 5.41) is 11.3. The van der Waals surface area contributed by atoms with Gasteiger partial charge in [0.25, 0.3) is 0 Å². The van der Waals surface area contributed by atoms with E-state index in [0.29, 0.717) is 6.54 Å². The maximum atomic E-state index is 11.4. The van der Waals surface area contributed by atoms with Crippen LogP contribution in [0.2, 0.25) is 0 Å². The molecule has 0 aromatic carbocycles. The van der Waals surface area contributed by atoms with E-state index >= 15 is 0 Å². The van der Waals surface area contributed by atoms with Gasteiger partial charge in [0, 0.05) is 6.54 Å². The van der Waals surface area contributed by atoms with Crippen molar-refractivity contribution in [1.82, 2.24) is 10.8 Å². The molecule has 0 spiro atoms. The molecular formula is C8H14N2O4. The SMILES string of the molecule is C[C@@H]1CNC[C@H]1C(=O)NOCC(=O)O. The number of hydrogen-bond acceptors (Lipinski definition) is 4. The Labute approximate surface area is 81.6 Å². The van der Waals surface area contributed by atoms with Gasteiger partial charge >= 0.3 is 5.97 Å². The molecule has 0 unspecified atom stereocenters. The highest BCUT2D eigenvalue weighted by atomic mass is 16.7. The minimum atomic E-state index is -1.11. The number of aliphatic carboxylic acids is 1. The maximum absolute atomic E-state index is 11.4. The van der Waals surface area contributed by atoms with E-state index in [4.69, 9.17) is 5.11 Å². The van der Waals surface area contributed by atoms with E-state index < -0.39 is 12.6 Å².